The Morgan fingerprint density at radius 1 is 1.31 bits per heavy atom. The molecule has 0 amide bonds. The van der Waals surface area contributed by atoms with Crippen LogP contribution in [0.25, 0.3) is 10.9 Å². The molecule has 4 rings (SSSR count). The number of benzene rings is 1. The lowest BCUT2D eigenvalue weighted by Crippen LogP contribution is -2.42. The molecule has 1 fully saturated rings. The molecule has 0 spiro atoms. The number of nitrogens with zero attached hydrogens (tertiary/aromatic N) is 2. The fourth-order valence-electron chi connectivity index (χ4n) is 5.06. The van der Waals surface area contributed by atoms with Gasteiger partial charge in [0.05, 0.1) is 22.9 Å². The van der Waals surface area contributed by atoms with E-state index >= 15 is 0 Å². The highest BCUT2D eigenvalue weighted by atomic mass is 32.2. The van der Waals surface area contributed by atoms with Crippen LogP contribution in [-0.4, -0.2) is 58.6 Å². The Labute approximate surface area is 215 Å². The number of thiophene rings is 1. The number of thioether (sulfide) groups is 1. The van der Waals surface area contributed by atoms with Gasteiger partial charge in [-0.15, -0.1) is 23.1 Å². The number of likely N-dealkylation sites (tertiary alicyclic amines) is 1. The number of aliphatic carboxylic acids is 1. The lowest BCUT2D eigenvalue weighted by molar-refractivity contribution is -0.139. The van der Waals surface area contributed by atoms with Gasteiger partial charge in [0.15, 0.2) is 0 Å². The number of fused-ring (bicyclic) bond motifs is 1. The number of hydrogen-bond donors (Lipinski definition) is 2. The van der Waals surface area contributed by atoms with Gasteiger partial charge < -0.3 is 19.8 Å². The van der Waals surface area contributed by atoms with Gasteiger partial charge in [-0.05, 0) is 91.4 Å². The minimum atomic E-state index is -0.738. The molecule has 1 aliphatic rings. The number of rotatable bonds is 11. The molecule has 0 unspecified atom stereocenters. The van der Waals surface area contributed by atoms with Gasteiger partial charge in [-0.3, -0.25) is 9.78 Å². The van der Waals surface area contributed by atoms with E-state index in [1.165, 1.54) is 9.77 Å². The van der Waals surface area contributed by atoms with Gasteiger partial charge >= 0.3 is 5.97 Å². The molecule has 2 N–H and O–H groups in total. The molecule has 188 valence electrons. The summed E-state index contributed by atoms with van der Waals surface area (Å²) in [6.45, 7) is 4.91. The van der Waals surface area contributed by atoms with Crippen LogP contribution in [-0.2, 0) is 4.79 Å². The monoisotopic (exact) mass is 514 g/mol. The average molecular weight is 515 g/mol. The van der Waals surface area contributed by atoms with E-state index in [4.69, 9.17) is 4.74 Å². The normalized spacial score (nSPS) is 19.6. The molecule has 3 atom stereocenters. The zero-order valence-electron chi connectivity index (χ0n) is 20.4. The number of ether oxygens (including phenoxy) is 1. The SMILES string of the molecule is COc1ccc2nccc([C@@H](O)CC[C@@H]3CCN(CCSc4sccc4C)C[C@@H]3CC(=O)O)c2c1. The Hall–Kier alpha value is -2.13. The Balaban J connectivity index is 1.35. The Morgan fingerprint density at radius 3 is 2.91 bits per heavy atom. The second-order valence-electron chi connectivity index (χ2n) is 9.32. The fraction of sp³-hybridized carbons (Fsp3) is 0.481. The van der Waals surface area contributed by atoms with Crippen molar-refractivity contribution in [1.82, 2.24) is 9.88 Å². The molecule has 8 heteroatoms. The van der Waals surface area contributed by atoms with E-state index in [0.717, 1.165) is 60.4 Å². The molecule has 6 nitrogen and oxygen atoms in total. The van der Waals surface area contributed by atoms with E-state index < -0.39 is 12.1 Å². The van der Waals surface area contributed by atoms with Crippen molar-refractivity contribution >= 4 is 40.0 Å². The standard InChI is InChI=1S/C27H34N2O4S2/c1-18-9-13-34-27(18)35-14-12-29-11-8-19(20(17-29)15-26(31)32)3-6-25(30)22-7-10-28-24-5-4-21(33-2)16-23(22)24/h4-5,7,9-10,13,16,19-20,25,30H,3,6,8,11-12,14-15,17H2,1-2H3,(H,31,32)/t19-,20+,25+/m1/s1. The third-order valence-electron chi connectivity index (χ3n) is 7.02. The second kappa shape index (κ2) is 12.2. The lowest BCUT2D eigenvalue weighted by atomic mass is 9.79. The number of piperidine rings is 1. The zero-order chi connectivity index (χ0) is 24.8. The number of carboxylic acids is 1. The van der Waals surface area contributed by atoms with E-state index in [9.17, 15) is 15.0 Å². The van der Waals surface area contributed by atoms with E-state index in [2.05, 4.69) is 28.3 Å². The summed E-state index contributed by atoms with van der Waals surface area (Å²) in [6, 6.07) is 9.72. The Kier molecular flexibility index (Phi) is 9.05. The molecule has 1 saturated heterocycles. The maximum atomic E-state index is 11.6. The third-order valence-corrected chi connectivity index (χ3v) is 9.44. The van der Waals surface area contributed by atoms with E-state index in [0.29, 0.717) is 12.3 Å². The summed E-state index contributed by atoms with van der Waals surface area (Å²) in [5.74, 6) is 1.42. The molecule has 1 aromatic carbocycles. The van der Waals surface area contributed by atoms with Crippen molar-refractivity contribution in [1.29, 1.82) is 0 Å². The molecule has 2 aromatic heterocycles. The van der Waals surface area contributed by atoms with Crippen molar-refractivity contribution in [2.75, 3.05) is 32.5 Å². The summed E-state index contributed by atoms with van der Waals surface area (Å²) >= 11 is 3.68. The number of aromatic nitrogens is 1. The highest BCUT2D eigenvalue weighted by Gasteiger charge is 2.31. The number of aliphatic hydroxyl groups is 1. The van der Waals surface area contributed by atoms with Gasteiger partial charge in [0, 0.05) is 36.8 Å². The maximum absolute atomic E-state index is 11.6. The number of aryl methyl sites for hydroxylation is 1. The van der Waals surface area contributed by atoms with Crippen LogP contribution in [0.3, 0.4) is 0 Å². The number of carboxylic acid groups (broad SMARTS) is 1. The van der Waals surface area contributed by atoms with Crippen LogP contribution in [0.5, 0.6) is 5.75 Å². The van der Waals surface area contributed by atoms with Gasteiger partial charge in [0.2, 0.25) is 0 Å². The topological polar surface area (TPSA) is 82.9 Å². The average Bonchev–Trinajstić information content (AvgIpc) is 3.26. The van der Waals surface area contributed by atoms with Gasteiger partial charge in [-0.2, -0.15) is 0 Å². The molecule has 0 radical (unpaired) electrons. The van der Waals surface area contributed by atoms with Crippen LogP contribution in [0.15, 0.2) is 46.1 Å². The molecule has 1 aliphatic heterocycles. The predicted molar refractivity (Wildman–Crippen MR) is 143 cm³/mol. The van der Waals surface area contributed by atoms with Crippen LogP contribution >= 0.6 is 23.1 Å². The molecule has 3 aromatic rings. The third kappa shape index (κ3) is 6.76. The molecule has 0 saturated carbocycles. The summed E-state index contributed by atoms with van der Waals surface area (Å²) in [7, 11) is 1.63. The van der Waals surface area contributed by atoms with Gasteiger partial charge in [0.25, 0.3) is 0 Å². The minimum Gasteiger partial charge on any atom is -0.497 e. The molecular weight excluding hydrogens is 480 g/mol. The summed E-state index contributed by atoms with van der Waals surface area (Å²) in [5, 5.41) is 23.6. The van der Waals surface area contributed by atoms with Gasteiger partial charge in [-0.25, -0.2) is 0 Å². The number of hydrogen-bond acceptors (Lipinski definition) is 7. The van der Waals surface area contributed by atoms with Crippen molar-refractivity contribution in [2.24, 2.45) is 11.8 Å². The summed E-state index contributed by atoms with van der Waals surface area (Å²) in [5.41, 5.74) is 3.01. The first-order chi connectivity index (χ1) is 16.9. The van der Waals surface area contributed by atoms with Crippen LogP contribution in [0, 0.1) is 18.8 Å². The van der Waals surface area contributed by atoms with E-state index in [1.807, 2.05) is 36.0 Å². The van der Waals surface area contributed by atoms with Gasteiger partial charge in [-0.1, -0.05) is 0 Å². The van der Waals surface area contributed by atoms with E-state index in [1.54, 1.807) is 24.6 Å². The predicted octanol–water partition coefficient (Wildman–Crippen LogP) is 5.63. The Bertz CT molecular complexity index is 1140. The number of methoxy groups -OCH3 is 1. The highest BCUT2D eigenvalue weighted by Crippen LogP contribution is 2.35. The van der Waals surface area contributed by atoms with Crippen molar-refractivity contribution in [2.45, 2.75) is 42.9 Å². The van der Waals surface area contributed by atoms with E-state index in [-0.39, 0.29) is 12.3 Å². The number of aliphatic hydroxyl groups excluding tert-OH is 1. The second-order valence-corrected chi connectivity index (χ2v) is 11.6. The first-order valence-corrected chi connectivity index (χ1v) is 14.0. The smallest absolute Gasteiger partial charge is 0.303 e. The molecule has 0 aliphatic carbocycles. The van der Waals surface area contributed by atoms with Crippen molar-refractivity contribution < 1.29 is 19.7 Å². The number of pyridine rings is 1. The van der Waals surface area contributed by atoms with Crippen LogP contribution < -0.4 is 4.74 Å². The quantitative estimate of drug-likeness (QED) is 0.321. The Morgan fingerprint density at radius 2 is 2.17 bits per heavy atom. The summed E-state index contributed by atoms with van der Waals surface area (Å²) in [6.07, 6.45) is 3.67. The molecular formula is C27H34N2O4S2. The van der Waals surface area contributed by atoms with Gasteiger partial charge in [0.1, 0.15) is 5.75 Å². The van der Waals surface area contributed by atoms with Crippen LogP contribution in [0.1, 0.15) is 42.9 Å². The summed E-state index contributed by atoms with van der Waals surface area (Å²) < 4.78 is 6.73. The lowest BCUT2D eigenvalue weighted by Gasteiger charge is -2.38. The first kappa shape index (κ1) is 25.9. The highest BCUT2D eigenvalue weighted by molar-refractivity contribution is 8.01. The van der Waals surface area contributed by atoms with Crippen LogP contribution in [0.2, 0.25) is 0 Å². The largest absolute Gasteiger partial charge is 0.497 e. The first-order valence-electron chi connectivity index (χ1n) is 12.2. The molecule has 35 heavy (non-hydrogen) atoms. The zero-order valence-corrected chi connectivity index (χ0v) is 22.0. The van der Waals surface area contributed by atoms with Crippen molar-refractivity contribution in [3.8, 4) is 5.75 Å². The summed E-state index contributed by atoms with van der Waals surface area (Å²) in [4.78, 5) is 18.4. The van der Waals surface area contributed by atoms with Crippen molar-refractivity contribution in [3.63, 3.8) is 0 Å². The van der Waals surface area contributed by atoms with Crippen LogP contribution in [0.4, 0.5) is 0 Å². The molecule has 3 heterocycles. The molecule has 0 bridgehead atoms. The van der Waals surface area contributed by atoms with Crippen molar-refractivity contribution in [3.05, 3.63) is 53.0 Å². The minimum absolute atomic E-state index is 0.108. The fourth-order valence-corrected chi connectivity index (χ4v) is 7.23. The number of carbonyl (C=O) groups is 1. The maximum Gasteiger partial charge on any atom is 0.303 e.